The fourth-order valence-electron chi connectivity index (χ4n) is 3.02. The summed E-state index contributed by atoms with van der Waals surface area (Å²) in [5, 5.41) is 3.31. The first-order chi connectivity index (χ1) is 8.16. The lowest BCUT2D eigenvalue weighted by molar-refractivity contribution is 0.237. The van der Waals surface area contributed by atoms with Gasteiger partial charge in [-0.1, -0.05) is 19.1 Å². The molecule has 1 aliphatic rings. The van der Waals surface area contributed by atoms with Crippen LogP contribution >= 0.6 is 0 Å². The molecule has 0 atom stereocenters. The van der Waals surface area contributed by atoms with Crippen molar-refractivity contribution in [3.63, 3.8) is 0 Å². The fourth-order valence-corrected chi connectivity index (χ4v) is 3.02. The zero-order valence-electron chi connectivity index (χ0n) is 10.8. The van der Waals surface area contributed by atoms with Gasteiger partial charge in [-0.2, -0.15) is 0 Å². The number of rotatable bonds is 3. The van der Waals surface area contributed by atoms with E-state index in [-0.39, 0.29) is 11.2 Å². The normalized spacial score (nSPS) is 29.2. The Labute approximate surface area is 103 Å². The molecule has 1 nitrogen and oxygen atoms in total. The van der Waals surface area contributed by atoms with Crippen LogP contribution in [0.3, 0.4) is 0 Å². The van der Waals surface area contributed by atoms with Crippen LogP contribution in [0.15, 0.2) is 24.3 Å². The Kier molecular flexibility index (Phi) is 3.82. The van der Waals surface area contributed by atoms with Crippen molar-refractivity contribution in [3.8, 4) is 0 Å². The molecule has 0 amide bonds. The highest BCUT2D eigenvalue weighted by Crippen LogP contribution is 2.41. The van der Waals surface area contributed by atoms with E-state index in [0.29, 0.717) is 0 Å². The van der Waals surface area contributed by atoms with Gasteiger partial charge < -0.3 is 5.32 Å². The molecule has 0 aromatic heterocycles. The molecule has 0 bridgehead atoms. The SMILES string of the molecule is CNCC1(c2ccc(F)cc2)CCC(C)CC1. The van der Waals surface area contributed by atoms with Crippen molar-refractivity contribution in [2.24, 2.45) is 5.92 Å². The van der Waals surface area contributed by atoms with E-state index < -0.39 is 0 Å². The van der Waals surface area contributed by atoms with E-state index in [4.69, 9.17) is 0 Å². The third-order valence-electron chi connectivity index (χ3n) is 4.20. The molecule has 94 valence electrons. The van der Waals surface area contributed by atoms with Crippen molar-refractivity contribution in [1.82, 2.24) is 5.32 Å². The molecule has 0 unspecified atom stereocenters. The van der Waals surface area contributed by atoms with Gasteiger partial charge in [0.25, 0.3) is 0 Å². The third kappa shape index (κ3) is 2.68. The van der Waals surface area contributed by atoms with Gasteiger partial charge >= 0.3 is 0 Å². The van der Waals surface area contributed by atoms with Gasteiger partial charge in [0, 0.05) is 12.0 Å². The predicted molar refractivity (Wildman–Crippen MR) is 69.6 cm³/mol. The first-order valence-corrected chi connectivity index (χ1v) is 6.57. The molecule has 2 heteroatoms. The fraction of sp³-hybridized carbons (Fsp3) is 0.600. The minimum atomic E-state index is -0.141. The van der Waals surface area contributed by atoms with Crippen LogP contribution in [-0.4, -0.2) is 13.6 Å². The molecule has 2 rings (SSSR count). The van der Waals surface area contributed by atoms with Crippen LogP contribution in [0, 0.1) is 11.7 Å². The van der Waals surface area contributed by atoms with Gasteiger partial charge in [0.1, 0.15) is 5.82 Å². The molecule has 1 fully saturated rings. The summed E-state index contributed by atoms with van der Waals surface area (Å²) in [4.78, 5) is 0. The van der Waals surface area contributed by atoms with Crippen LogP contribution in [0.2, 0.25) is 0 Å². The monoisotopic (exact) mass is 235 g/mol. The van der Waals surface area contributed by atoms with Crippen molar-refractivity contribution in [2.45, 2.75) is 38.0 Å². The second-order valence-electron chi connectivity index (χ2n) is 5.50. The summed E-state index contributed by atoms with van der Waals surface area (Å²) >= 11 is 0. The van der Waals surface area contributed by atoms with E-state index in [0.717, 1.165) is 12.5 Å². The summed E-state index contributed by atoms with van der Waals surface area (Å²) < 4.78 is 13.0. The lowest BCUT2D eigenvalue weighted by Gasteiger charge is -2.40. The maximum absolute atomic E-state index is 13.0. The molecule has 17 heavy (non-hydrogen) atoms. The van der Waals surface area contributed by atoms with E-state index in [1.807, 2.05) is 19.2 Å². The van der Waals surface area contributed by atoms with Crippen LogP contribution < -0.4 is 5.32 Å². The highest BCUT2D eigenvalue weighted by Gasteiger charge is 2.35. The van der Waals surface area contributed by atoms with Gasteiger partial charge in [0.2, 0.25) is 0 Å². The largest absolute Gasteiger partial charge is 0.319 e. The number of hydrogen-bond donors (Lipinski definition) is 1. The minimum Gasteiger partial charge on any atom is -0.319 e. The molecule has 1 aromatic rings. The number of benzene rings is 1. The zero-order chi connectivity index (χ0) is 12.3. The van der Waals surface area contributed by atoms with Crippen molar-refractivity contribution in [2.75, 3.05) is 13.6 Å². The summed E-state index contributed by atoms with van der Waals surface area (Å²) in [5.41, 5.74) is 1.51. The molecule has 0 spiro atoms. The van der Waals surface area contributed by atoms with Crippen LogP contribution in [0.4, 0.5) is 4.39 Å². The average Bonchev–Trinajstić information content (AvgIpc) is 2.34. The van der Waals surface area contributed by atoms with E-state index in [2.05, 4.69) is 12.2 Å². The maximum atomic E-state index is 13.0. The Hall–Kier alpha value is -0.890. The summed E-state index contributed by atoms with van der Waals surface area (Å²) in [6.45, 7) is 3.32. The van der Waals surface area contributed by atoms with Crippen molar-refractivity contribution >= 4 is 0 Å². The molecule has 1 N–H and O–H groups in total. The lowest BCUT2D eigenvalue weighted by Crippen LogP contribution is -2.40. The topological polar surface area (TPSA) is 12.0 Å². The number of hydrogen-bond acceptors (Lipinski definition) is 1. The number of halogens is 1. The Balaban J connectivity index is 2.24. The van der Waals surface area contributed by atoms with Gasteiger partial charge in [0.05, 0.1) is 0 Å². The quantitative estimate of drug-likeness (QED) is 0.845. The first-order valence-electron chi connectivity index (χ1n) is 6.57. The lowest BCUT2D eigenvalue weighted by atomic mass is 9.67. The standard InChI is InChI=1S/C15H22FN/c1-12-7-9-15(10-8-12,11-17-2)13-3-5-14(16)6-4-13/h3-6,12,17H,7-11H2,1-2H3. The molecular weight excluding hydrogens is 213 g/mol. The predicted octanol–water partition coefficient (Wildman–Crippen LogP) is 3.49. The third-order valence-corrected chi connectivity index (χ3v) is 4.20. The van der Waals surface area contributed by atoms with Crippen molar-refractivity contribution in [3.05, 3.63) is 35.6 Å². The maximum Gasteiger partial charge on any atom is 0.123 e. The Morgan fingerprint density at radius 1 is 1.24 bits per heavy atom. The Bertz CT molecular complexity index is 350. The van der Waals surface area contributed by atoms with Crippen molar-refractivity contribution in [1.29, 1.82) is 0 Å². The molecule has 0 radical (unpaired) electrons. The first kappa shape index (κ1) is 12.6. The van der Waals surface area contributed by atoms with Gasteiger partial charge in [-0.3, -0.25) is 0 Å². The van der Waals surface area contributed by atoms with E-state index in [9.17, 15) is 4.39 Å². The molecule has 0 saturated heterocycles. The molecule has 1 saturated carbocycles. The van der Waals surface area contributed by atoms with E-state index in [1.165, 1.54) is 31.2 Å². The number of likely N-dealkylation sites (N-methyl/N-ethyl adjacent to an activating group) is 1. The van der Waals surface area contributed by atoms with Gasteiger partial charge in [-0.05, 0) is 56.3 Å². The summed E-state index contributed by atoms with van der Waals surface area (Å²) in [5.74, 6) is 0.693. The smallest absolute Gasteiger partial charge is 0.123 e. The minimum absolute atomic E-state index is 0.141. The van der Waals surface area contributed by atoms with Gasteiger partial charge in [-0.15, -0.1) is 0 Å². The average molecular weight is 235 g/mol. The van der Waals surface area contributed by atoms with Crippen LogP contribution in [0.5, 0.6) is 0 Å². The Morgan fingerprint density at radius 2 is 1.82 bits per heavy atom. The molecule has 1 aromatic carbocycles. The van der Waals surface area contributed by atoms with E-state index >= 15 is 0 Å². The summed E-state index contributed by atoms with van der Waals surface area (Å²) in [7, 11) is 2.00. The summed E-state index contributed by atoms with van der Waals surface area (Å²) in [6.07, 6.45) is 4.97. The van der Waals surface area contributed by atoms with Crippen LogP contribution in [0.1, 0.15) is 38.2 Å². The summed E-state index contributed by atoms with van der Waals surface area (Å²) in [6, 6.07) is 7.10. The van der Waals surface area contributed by atoms with Crippen molar-refractivity contribution < 1.29 is 4.39 Å². The van der Waals surface area contributed by atoms with Crippen LogP contribution in [0.25, 0.3) is 0 Å². The zero-order valence-corrected chi connectivity index (χ0v) is 10.8. The van der Waals surface area contributed by atoms with Gasteiger partial charge in [-0.25, -0.2) is 4.39 Å². The second-order valence-corrected chi connectivity index (χ2v) is 5.50. The molecule has 1 aliphatic carbocycles. The number of nitrogens with one attached hydrogen (secondary N) is 1. The Morgan fingerprint density at radius 3 is 2.35 bits per heavy atom. The van der Waals surface area contributed by atoms with E-state index in [1.54, 1.807) is 12.1 Å². The highest BCUT2D eigenvalue weighted by molar-refractivity contribution is 5.27. The molecule has 0 heterocycles. The molecular formula is C15H22FN. The van der Waals surface area contributed by atoms with Gasteiger partial charge in [0.15, 0.2) is 0 Å². The second kappa shape index (κ2) is 5.18. The van der Waals surface area contributed by atoms with Crippen LogP contribution in [-0.2, 0) is 5.41 Å². The molecule has 0 aliphatic heterocycles. The highest BCUT2D eigenvalue weighted by atomic mass is 19.1.